The van der Waals surface area contributed by atoms with Gasteiger partial charge in [-0.2, -0.15) is 5.26 Å². The SMILES string of the molecule is CCOc1ccc([C@@H]2C(C#N)=C(SCC(=O)Nc3ccc(C)cc3)NC(C)=C2C(=O)Nc2ccccc2)cc1. The van der Waals surface area contributed by atoms with Crippen molar-refractivity contribution in [2.45, 2.75) is 26.7 Å². The Labute approximate surface area is 233 Å². The van der Waals surface area contributed by atoms with Crippen molar-refractivity contribution < 1.29 is 14.3 Å². The minimum atomic E-state index is -0.627. The van der Waals surface area contributed by atoms with E-state index in [1.54, 1.807) is 0 Å². The zero-order chi connectivity index (χ0) is 27.8. The Morgan fingerprint density at radius 1 is 0.949 bits per heavy atom. The van der Waals surface area contributed by atoms with Gasteiger partial charge in [0.25, 0.3) is 5.91 Å². The Morgan fingerprint density at radius 3 is 2.26 bits per heavy atom. The van der Waals surface area contributed by atoms with Gasteiger partial charge in [-0.05, 0) is 62.7 Å². The number of hydrogen-bond donors (Lipinski definition) is 3. The lowest BCUT2D eigenvalue weighted by atomic mass is 9.82. The maximum atomic E-state index is 13.6. The van der Waals surface area contributed by atoms with Crippen molar-refractivity contribution in [2.75, 3.05) is 23.0 Å². The zero-order valence-electron chi connectivity index (χ0n) is 22.1. The smallest absolute Gasteiger partial charge is 0.254 e. The number of nitrogens with zero attached hydrogens (tertiary/aromatic N) is 1. The number of allylic oxidation sites excluding steroid dienone is 2. The van der Waals surface area contributed by atoms with Gasteiger partial charge in [0.05, 0.1) is 34.9 Å². The van der Waals surface area contributed by atoms with Crippen molar-refractivity contribution >= 4 is 35.0 Å². The van der Waals surface area contributed by atoms with Crippen LogP contribution in [-0.2, 0) is 9.59 Å². The summed E-state index contributed by atoms with van der Waals surface area (Å²) in [5.74, 6) is -0.327. The van der Waals surface area contributed by atoms with Crippen LogP contribution in [0.2, 0.25) is 0 Å². The molecule has 1 heterocycles. The van der Waals surface area contributed by atoms with Crippen LogP contribution in [0.1, 0.15) is 30.9 Å². The van der Waals surface area contributed by atoms with Crippen LogP contribution >= 0.6 is 11.8 Å². The summed E-state index contributed by atoms with van der Waals surface area (Å²) >= 11 is 1.24. The summed E-state index contributed by atoms with van der Waals surface area (Å²) in [5, 5.41) is 19.9. The van der Waals surface area contributed by atoms with Crippen LogP contribution in [0.4, 0.5) is 11.4 Å². The van der Waals surface area contributed by atoms with Crippen molar-refractivity contribution in [1.29, 1.82) is 5.26 Å². The van der Waals surface area contributed by atoms with Gasteiger partial charge in [-0.1, -0.05) is 59.8 Å². The second-order valence-electron chi connectivity index (χ2n) is 8.98. The molecule has 0 bridgehead atoms. The lowest BCUT2D eigenvalue weighted by Gasteiger charge is -2.30. The Kier molecular flexibility index (Phi) is 9.08. The van der Waals surface area contributed by atoms with Gasteiger partial charge in [-0.3, -0.25) is 9.59 Å². The summed E-state index contributed by atoms with van der Waals surface area (Å²) in [6.45, 7) is 6.23. The van der Waals surface area contributed by atoms with E-state index in [1.165, 1.54) is 11.8 Å². The molecule has 0 radical (unpaired) electrons. The Morgan fingerprint density at radius 2 is 1.62 bits per heavy atom. The first kappa shape index (κ1) is 27.6. The molecule has 1 atom stereocenters. The van der Waals surface area contributed by atoms with Crippen LogP contribution in [0.3, 0.4) is 0 Å². The van der Waals surface area contributed by atoms with Crippen molar-refractivity contribution in [1.82, 2.24) is 5.32 Å². The molecule has 8 heteroatoms. The largest absolute Gasteiger partial charge is 0.494 e. The molecule has 198 valence electrons. The topological polar surface area (TPSA) is 103 Å². The Hall–Kier alpha value is -4.48. The first-order chi connectivity index (χ1) is 18.9. The van der Waals surface area contributed by atoms with Crippen LogP contribution in [-0.4, -0.2) is 24.2 Å². The number of hydrogen-bond acceptors (Lipinski definition) is 6. The molecule has 3 aromatic rings. The van der Waals surface area contributed by atoms with Crippen LogP contribution in [0.5, 0.6) is 5.75 Å². The molecule has 39 heavy (non-hydrogen) atoms. The highest BCUT2D eigenvalue weighted by molar-refractivity contribution is 8.03. The molecular weight excluding hydrogens is 508 g/mol. The van der Waals surface area contributed by atoms with Gasteiger partial charge in [0, 0.05) is 22.6 Å². The molecule has 4 rings (SSSR count). The van der Waals surface area contributed by atoms with E-state index in [-0.39, 0.29) is 17.6 Å². The number of carbonyl (C=O) groups excluding carboxylic acids is 2. The summed E-state index contributed by atoms with van der Waals surface area (Å²) in [7, 11) is 0. The monoisotopic (exact) mass is 538 g/mol. The standard InChI is InChI=1S/C31H30N4O3S/c1-4-38-25-16-12-22(13-17-25)29-26(18-32)31(39-19-27(36)34-24-14-10-20(2)11-15-24)33-21(3)28(29)30(37)35-23-8-6-5-7-9-23/h5-17,29,33H,4,19H2,1-3H3,(H,34,36)(H,35,37)/t29-/m1/s1. The number of benzene rings is 3. The number of anilines is 2. The average molecular weight is 539 g/mol. The maximum absolute atomic E-state index is 13.6. The predicted octanol–water partition coefficient (Wildman–Crippen LogP) is 6.10. The number of thioether (sulfide) groups is 1. The molecule has 0 aromatic heterocycles. The van der Waals surface area contributed by atoms with E-state index in [1.807, 2.05) is 99.6 Å². The third kappa shape index (κ3) is 6.89. The summed E-state index contributed by atoms with van der Waals surface area (Å²) in [5.41, 5.74) is 4.67. The quantitative estimate of drug-likeness (QED) is 0.304. The number of rotatable bonds is 9. The summed E-state index contributed by atoms with van der Waals surface area (Å²) < 4.78 is 5.59. The number of para-hydroxylation sites is 1. The van der Waals surface area contributed by atoms with Crippen LogP contribution < -0.4 is 20.7 Å². The summed E-state index contributed by atoms with van der Waals surface area (Å²) in [4.78, 5) is 26.2. The number of amides is 2. The predicted molar refractivity (Wildman–Crippen MR) is 156 cm³/mol. The number of nitriles is 1. The van der Waals surface area contributed by atoms with E-state index in [9.17, 15) is 14.9 Å². The Balaban J connectivity index is 1.63. The fraction of sp³-hybridized carbons (Fsp3) is 0.194. The lowest BCUT2D eigenvalue weighted by Crippen LogP contribution is -2.31. The Bertz CT molecular complexity index is 1440. The van der Waals surface area contributed by atoms with Gasteiger partial charge < -0.3 is 20.7 Å². The average Bonchev–Trinajstić information content (AvgIpc) is 2.94. The normalized spacial score (nSPS) is 14.8. The molecular formula is C31H30N4O3S. The highest BCUT2D eigenvalue weighted by Gasteiger charge is 2.35. The summed E-state index contributed by atoms with van der Waals surface area (Å²) in [6.07, 6.45) is 0. The molecule has 0 saturated heterocycles. The van der Waals surface area contributed by atoms with Gasteiger partial charge in [0.2, 0.25) is 5.91 Å². The number of dihydropyridines is 1. The van der Waals surface area contributed by atoms with Gasteiger partial charge in [0.1, 0.15) is 5.75 Å². The minimum Gasteiger partial charge on any atom is -0.494 e. The fourth-order valence-corrected chi connectivity index (χ4v) is 5.17. The third-order valence-electron chi connectivity index (χ3n) is 6.13. The molecule has 1 aliphatic heterocycles. The molecule has 3 aromatic carbocycles. The van der Waals surface area contributed by atoms with E-state index < -0.39 is 5.92 Å². The number of ether oxygens (including phenoxy) is 1. The molecule has 0 unspecified atom stereocenters. The highest BCUT2D eigenvalue weighted by atomic mass is 32.2. The molecule has 2 amide bonds. The van der Waals surface area contributed by atoms with E-state index in [2.05, 4.69) is 22.0 Å². The first-order valence-corrected chi connectivity index (χ1v) is 13.6. The van der Waals surface area contributed by atoms with E-state index >= 15 is 0 Å². The van der Waals surface area contributed by atoms with Gasteiger partial charge in [-0.15, -0.1) is 0 Å². The van der Waals surface area contributed by atoms with Crippen molar-refractivity contribution in [3.63, 3.8) is 0 Å². The molecule has 3 N–H and O–H groups in total. The van der Waals surface area contributed by atoms with Crippen LogP contribution in [0, 0.1) is 18.3 Å². The van der Waals surface area contributed by atoms with Crippen molar-refractivity contribution in [2.24, 2.45) is 0 Å². The van der Waals surface area contributed by atoms with Crippen molar-refractivity contribution in [3.05, 3.63) is 112 Å². The summed E-state index contributed by atoms with van der Waals surface area (Å²) in [6, 6.07) is 26.5. The minimum absolute atomic E-state index is 0.0935. The second-order valence-corrected chi connectivity index (χ2v) is 9.96. The van der Waals surface area contributed by atoms with Gasteiger partial charge in [0.15, 0.2) is 0 Å². The molecule has 7 nitrogen and oxygen atoms in total. The fourth-order valence-electron chi connectivity index (χ4n) is 4.28. The van der Waals surface area contributed by atoms with E-state index in [0.29, 0.717) is 45.6 Å². The van der Waals surface area contributed by atoms with Crippen molar-refractivity contribution in [3.8, 4) is 11.8 Å². The molecule has 1 aliphatic rings. The van der Waals surface area contributed by atoms with E-state index in [4.69, 9.17) is 4.74 Å². The van der Waals surface area contributed by atoms with Crippen LogP contribution in [0.15, 0.2) is 101 Å². The third-order valence-corrected chi connectivity index (χ3v) is 7.15. The number of aryl methyl sites for hydroxylation is 1. The molecule has 0 fully saturated rings. The maximum Gasteiger partial charge on any atom is 0.254 e. The first-order valence-electron chi connectivity index (χ1n) is 12.6. The molecule has 0 saturated carbocycles. The van der Waals surface area contributed by atoms with Gasteiger partial charge >= 0.3 is 0 Å². The lowest BCUT2D eigenvalue weighted by molar-refractivity contribution is -0.114. The van der Waals surface area contributed by atoms with Gasteiger partial charge in [-0.25, -0.2) is 0 Å². The molecule has 0 spiro atoms. The molecule has 0 aliphatic carbocycles. The number of nitrogens with one attached hydrogen (secondary N) is 3. The van der Waals surface area contributed by atoms with E-state index in [0.717, 1.165) is 11.1 Å². The highest BCUT2D eigenvalue weighted by Crippen LogP contribution is 2.41. The van der Waals surface area contributed by atoms with Crippen LogP contribution in [0.25, 0.3) is 0 Å². The number of carbonyl (C=O) groups is 2. The zero-order valence-corrected chi connectivity index (χ0v) is 22.9. The second kappa shape index (κ2) is 12.9.